The van der Waals surface area contributed by atoms with Crippen LogP contribution in [0.3, 0.4) is 0 Å². The maximum Gasteiger partial charge on any atom is 0.271 e. The van der Waals surface area contributed by atoms with Crippen molar-refractivity contribution in [3.05, 3.63) is 76.6 Å². The van der Waals surface area contributed by atoms with Gasteiger partial charge in [0, 0.05) is 6.08 Å². The Morgan fingerprint density at radius 3 is 2.36 bits per heavy atom. The Balaban J connectivity index is 1.89. The molecule has 0 unspecified atom stereocenters. The van der Waals surface area contributed by atoms with Gasteiger partial charge in [-0.3, -0.25) is 20.4 Å². The maximum atomic E-state index is 12.7. The van der Waals surface area contributed by atoms with Crippen LogP contribution in [0.4, 0.5) is 4.39 Å². The molecule has 0 bridgehead atoms. The highest BCUT2D eigenvalue weighted by molar-refractivity contribution is 6.33. The molecule has 0 fully saturated rings. The summed E-state index contributed by atoms with van der Waals surface area (Å²) < 4.78 is 12.7. The van der Waals surface area contributed by atoms with E-state index < -0.39 is 11.8 Å². The Morgan fingerprint density at radius 1 is 1.00 bits per heavy atom. The van der Waals surface area contributed by atoms with Crippen LogP contribution in [0.15, 0.2) is 54.6 Å². The van der Waals surface area contributed by atoms with Crippen molar-refractivity contribution in [1.82, 2.24) is 10.9 Å². The minimum atomic E-state index is -0.523. The Bertz CT molecular complexity index is 714. The number of nitrogens with one attached hydrogen (secondary N) is 2. The van der Waals surface area contributed by atoms with Gasteiger partial charge in [-0.2, -0.15) is 0 Å². The smallest absolute Gasteiger partial charge is 0.268 e. The first-order valence-electron chi connectivity index (χ1n) is 6.35. The van der Waals surface area contributed by atoms with Crippen LogP contribution in [0, 0.1) is 5.82 Å². The molecule has 0 radical (unpaired) electrons. The average molecular weight is 319 g/mol. The van der Waals surface area contributed by atoms with Crippen molar-refractivity contribution in [3.8, 4) is 0 Å². The summed E-state index contributed by atoms with van der Waals surface area (Å²) in [4.78, 5) is 23.4. The molecule has 0 aliphatic heterocycles. The van der Waals surface area contributed by atoms with Crippen molar-refractivity contribution in [2.24, 2.45) is 0 Å². The fourth-order valence-electron chi connectivity index (χ4n) is 1.62. The SMILES string of the molecule is O=C(/C=C/c1ccc(F)cc1)NNC(=O)c1ccccc1Cl. The number of hydrazine groups is 1. The lowest BCUT2D eigenvalue weighted by atomic mass is 10.2. The summed E-state index contributed by atoms with van der Waals surface area (Å²) in [5, 5.41) is 0.288. The topological polar surface area (TPSA) is 58.2 Å². The van der Waals surface area contributed by atoms with Gasteiger partial charge < -0.3 is 0 Å². The number of rotatable bonds is 3. The van der Waals surface area contributed by atoms with Gasteiger partial charge >= 0.3 is 0 Å². The molecule has 0 atom stereocenters. The van der Waals surface area contributed by atoms with Gasteiger partial charge in [0.25, 0.3) is 11.8 Å². The lowest BCUT2D eigenvalue weighted by molar-refractivity contribution is -0.117. The van der Waals surface area contributed by atoms with Gasteiger partial charge in [-0.25, -0.2) is 4.39 Å². The van der Waals surface area contributed by atoms with Crippen LogP contribution in [0.25, 0.3) is 6.08 Å². The Kier molecular flexibility index (Phi) is 5.27. The van der Waals surface area contributed by atoms with Gasteiger partial charge in [0.15, 0.2) is 0 Å². The predicted octanol–water partition coefficient (Wildman–Crippen LogP) is 2.95. The molecule has 0 heterocycles. The van der Waals surface area contributed by atoms with Crippen LogP contribution in [0.5, 0.6) is 0 Å². The van der Waals surface area contributed by atoms with E-state index in [1.54, 1.807) is 18.2 Å². The van der Waals surface area contributed by atoms with Gasteiger partial charge in [-0.1, -0.05) is 35.9 Å². The molecule has 0 aliphatic carbocycles. The highest BCUT2D eigenvalue weighted by Crippen LogP contribution is 2.14. The van der Waals surface area contributed by atoms with Crippen LogP contribution < -0.4 is 10.9 Å². The van der Waals surface area contributed by atoms with Gasteiger partial charge in [0.05, 0.1) is 10.6 Å². The van der Waals surface area contributed by atoms with E-state index in [9.17, 15) is 14.0 Å². The monoisotopic (exact) mass is 318 g/mol. The highest BCUT2D eigenvalue weighted by Gasteiger charge is 2.09. The number of hydrogen-bond acceptors (Lipinski definition) is 2. The van der Waals surface area contributed by atoms with Crippen LogP contribution in [0.1, 0.15) is 15.9 Å². The molecule has 0 aromatic heterocycles. The second-order valence-corrected chi connectivity index (χ2v) is 4.72. The van der Waals surface area contributed by atoms with E-state index in [2.05, 4.69) is 10.9 Å². The molecule has 4 nitrogen and oxygen atoms in total. The van der Waals surface area contributed by atoms with Crippen molar-refractivity contribution in [2.45, 2.75) is 0 Å². The average Bonchev–Trinajstić information content (AvgIpc) is 2.52. The van der Waals surface area contributed by atoms with Gasteiger partial charge in [0.1, 0.15) is 5.82 Å². The van der Waals surface area contributed by atoms with Crippen LogP contribution in [-0.4, -0.2) is 11.8 Å². The first-order chi connectivity index (χ1) is 10.6. The van der Waals surface area contributed by atoms with E-state index in [1.165, 1.54) is 42.5 Å². The van der Waals surface area contributed by atoms with Gasteiger partial charge in [-0.05, 0) is 35.9 Å². The standard InChI is InChI=1S/C16H12ClFN2O2/c17-14-4-2-1-3-13(14)16(22)20-19-15(21)10-7-11-5-8-12(18)9-6-11/h1-10H,(H,19,21)(H,20,22)/b10-7+. The van der Waals surface area contributed by atoms with E-state index >= 15 is 0 Å². The molecule has 0 saturated carbocycles. The fourth-order valence-corrected chi connectivity index (χ4v) is 1.84. The Labute approximate surface area is 131 Å². The van der Waals surface area contributed by atoms with E-state index in [1.807, 2.05) is 0 Å². The molecule has 0 aliphatic rings. The number of carbonyl (C=O) groups is 2. The Hall–Kier alpha value is -2.66. The van der Waals surface area contributed by atoms with E-state index in [-0.39, 0.29) is 16.4 Å². The molecular weight excluding hydrogens is 307 g/mol. The van der Waals surface area contributed by atoms with Crippen molar-refractivity contribution in [3.63, 3.8) is 0 Å². The van der Waals surface area contributed by atoms with E-state index in [0.717, 1.165) is 0 Å². The molecule has 6 heteroatoms. The van der Waals surface area contributed by atoms with Crippen molar-refractivity contribution >= 4 is 29.5 Å². The minimum Gasteiger partial charge on any atom is -0.268 e. The molecule has 112 valence electrons. The summed E-state index contributed by atoms with van der Waals surface area (Å²) in [6.07, 6.45) is 2.72. The molecule has 2 aromatic rings. The zero-order valence-corrected chi connectivity index (χ0v) is 12.1. The van der Waals surface area contributed by atoms with E-state index in [4.69, 9.17) is 11.6 Å². The third-order valence-electron chi connectivity index (χ3n) is 2.71. The molecular formula is C16H12ClFN2O2. The number of carbonyl (C=O) groups excluding carboxylic acids is 2. The van der Waals surface area contributed by atoms with Gasteiger partial charge in [0.2, 0.25) is 0 Å². The molecule has 0 saturated heterocycles. The molecule has 22 heavy (non-hydrogen) atoms. The summed E-state index contributed by atoms with van der Waals surface area (Å²) >= 11 is 5.87. The summed E-state index contributed by atoms with van der Waals surface area (Å²) in [6, 6.07) is 12.1. The highest BCUT2D eigenvalue weighted by atomic mass is 35.5. The number of halogens is 2. The Morgan fingerprint density at radius 2 is 1.68 bits per heavy atom. The molecule has 2 amide bonds. The zero-order valence-electron chi connectivity index (χ0n) is 11.3. The summed E-state index contributed by atoms with van der Waals surface area (Å²) in [6.45, 7) is 0. The first-order valence-corrected chi connectivity index (χ1v) is 6.72. The van der Waals surface area contributed by atoms with E-state index in [0.29, 0.717) is 5.56 Å². The van der Waals surface area contributed by atoms with Crippen LogP contribution in [-0.2, 0) is 4.79 Å². The third kappa shape index (κ3) is 4.43. The number of amides is 2. The zero-order chi connectivity index (χ0) is 15.9. The molecule has 2 N–H and O–H groups in total. The minimum absolute atomic E-state index is 0.256. The molecule has 0 spiro atoms. The first kappa shape index (κ1) is 15.7. The van der Waals surface area contributed by atoms with Crippen molar-refractivity contribution in [1.29, 1.82) is 0 Å². The van der Waals surface area contributed by atoms with Crippen LogP contribution >= 0.6 is 11.6 Å². The summed E-state index contributed by atoms with van der Waals surface area (Å²) in [7, 11) is 0. The lowest BCUT2D eigenvalue weighted by Gasteiger charge is -2.06. The van der Waals surface area contributed by atoms with Crippen molar-refractivity contribution < 1.29 is 14.0 Å². The normalized spacial score (nSPS) is 10.5. The third-order valence-corrected chi connectivity index (χ3v) is 3.04. The fraction of sp³-hybridized carbons (Fsp3) is 0. The lowest BCUT2D eigenvalue weighted by Crippen LogP contribution is -2.40. The number of hydrogen-bond donors (Lipinski definition) is 2. The maximum absolute atomic E-state index is 12.7. The molecule has 2 rings (SSSR count). The van der Waals surface area contributed by atoms with Gasteiger partial charge in [-0.15, -0.1) is 0 Å². The second kappa shape index (κ2) is 7.38. The number of benzene rings is 2. The predicted molar refractivity (Wildman–Crippen MR) is 82.5 cm³/mol. The second-order valence-electron chi connectivity index (χ2n) is 4.31. The quantitative estimate of drug-likeness (QED) is 0.675. The van der Waals surface area contributed by atoms with Crippen LogP contribution in [0.2, 0.25) is 5.02 Å². The van der Waals surface area contributed by atoms with Crippen molar-refractivity contribution in [2.75, 3.05) is 0 Å². The largest absolute Gasteiger partial charge is 0.271 e. The summed E-state index contributed by atoms with van der Waals surface area (Å²) in [5.74, 6) is -1.40. The molecule has 2 aromatic carbocycles. The summed E-state index contributed by atoms with van der Waals surface area (Å²) in [5.41, 5.74) is 5.40.